The number of pyridine rings is 1. The number of rotatable bonds is 3. The number of hydrogen-bond donors (Lipinski definition) is 3. The van der Waals surface area contributed by atoms with Crippen LogP contribution in [-0.4, -0.2) is 51.3 Å². The first-order chi connectivity index (χ1) is 14.1. The van der Waals surface area contributed by atoms with Gasteiger partial charge in [-0.05, 0) is 37.2 Å². The average molecular weight is 413 g/mol. The Morgan fingerprint density at radius 2 is 2.10 bits per heavy atom. The molecule has 4 N–H and O–H groups in total. The fraction of sp³-hybridized carbons (Fsp3) is 0.500. The molecule has 152 valence electrons. The first-order valence-corrected chi connectivity index (χ1v) is 10.5. The van der Waals surface area contributed by atoms with Crippen LogP contribution in [0, 0.1) is 5.41 Å². The van der Waals surface area contributed by atoms with Crippen molar-refractivity contribution in [2.75, 3.05) is 30.4 Å². The van der Waals surface area contributed by atoms with Gasteiger partial charge >= 0.3 is 0 Å². The maximum Gasteiger partial charge on any atom is 0.202 e. The van der Waals surface area contributed by atoms with E-state index in [0.717, 1.165) is 49.4 Å². The van der Waals surface area contributed by atoms with Crippen molar-refractivity contribution in [3.8, 4) is 11.3 Å². The largest absolute Gasteiger partial charge is 0.372 e. The Morgan fingerprint density at radius 1 is 1.28 bits per heavy atom. The van der Waals surface area contributed by atoms with Crippen molar-refractivity contribution in [1.82, 2.24) is 25.1 Å². The molecule has 1 atom stereocenters. The van der Waals surface area contributed by atoms with Crippen LogP contribution in [0.25, 0.3) is 22.4 Å². The Kier molecular flexibility index (Phi) is 4.55. The van der Waals surface area contributed by atoms with Crippen LogP contribution >= 0.6 is 11.6 Å². The van der Waals surface area contributed by atoms with Crippen molar-refractivity contribution in [2.24, 2.45) is 11.1 Å². The fourth-order valence-electron chi connectivity index (χ4n) is 4.91. The average Bonchev–Trinajstić information content (AvgIpc) is 3.32. The molecule has 0 bridgehead atoms. The lowest BCUT2D eigenvalue weighted by Crippen LogP contribution is -2.47. The summed E-state index contributed by atoms with van der Waals surface area (Å²) < 4.78 is 0. The molecule has 0 amide bonds. The zero-order valence-corrected chi connectivity index (χ0v) is 17.2. The second-order valence-corrected chi connectivity index (χ2v) is 8.50. The number of halogens is 1. The smallest absolute Gasteiger partial charge is 0.202 e. The summed E-state index contributed by atoms with van der Waals surface area (Å²) in [7, 11) is 1.79. The van der Waals surface area contributed by atoms with Crippen LogP contribution in [0.5, 0.6) is 0 Å². The standard InChI is InChI=1S/C20H25ClN8/c1-23-18-15(21)12(4-8-24-18)16-17-19(28-27-16)26-14(11-25-17)29-9-6-20(7-10-29)5-2-3-13(20)22/h4,8,11,13H,2-3,5-7,9-10,22H2,1H3,(H,23,24)(H,26,27,28)/t13-/m1/s1. The minimum Gasteiger partial charge on any atom is -0.372 e. The highest BCUT2D eigenvalue weighted by Crippen LogP contribution is 2.46. The number of piperidine rings is 1. The Bertz CT molecular complexity index is 1040. The molecule has 2 fully saturated rings. The van der Waals surface area contributed by atoms with Crippen molar-refractivity contribution < 1.29 is 0 Å². The zero-order chi connectivity index (χ0) is 20.0. The van der Waals surface area contributed by atoms with Crippen molar-refractivity contribution in [3.63, 3.8) is 0 Å². The molecule has 2 aliphatic rings. The molecule has 5 rings (SSSR count). The molecular weight excluding hydrogens is 388 g/mol. The molecule has 0 unspecified atom stereocenters. The number of aromatic amines is 1. The Balaban J connectivity index is 1.42. The van der Waals surface area contributed by atoms with Gasteiger partial charge in [0.05, 0.1) is 16.9 Å². The summed E-state index contributed by atoms with van der Waals surface area (Å²) in [5, 5.41) is 11.0. The third-order valence-corrected chi connectivity index (χ3v) is 7.09. The predicted octanol–water partition coefficient (Wildman–Crippen LogP) is 3.21. The summed E-state index contributed by atoms with van der Waals surface area (Å²) in [6.45, 7) is 1.93. The van der Waals surface area contributed by atoms with E-state index in [0.29, 0.717) is 33.5 Å². The molecule has 4 heterocycles. The topological polar surface area (TPSA) is 109 Å². The van der Waals surface area contributed by atoms with Crippen LogP contribution < -0.4 is 16.0 Å². The van der Waals surface area contributed by atoms with Gasteiger partial charge in [0.1, 0.15) is 17.2 Å². The molecule has 29 heavy (non-hydrogen) atoms. The monoisotopic (exact) mass is 412 g/mol. The van der Waals surface area contributed by atoms with Gasteiger partial charge in [-0.15, -0.1) is 0 Å². The van der Waals surface area contributed by atoms with E-state index >= 15 is 0 Å². The number of nitrogens with zero attached hydrogens (tertiary/aromatic N) is 5. The maximum absolute atomic E-state index is 6.49. The van der Waals surface area contributed by atoms with Gasteiger partial charge in [0.15, 0.2) is 0 Å². The van der Waals surface area contributed by atoms with Gasteiger partial charge in [-0.3, -0.25) is 5.10 Å². The van der Waals surface area contributed by atoms with E-state index in [1.54, 1.807) is 13.2 Å². The van der Waals surface area contributed by atoms with Crippen molar-refractivity contribution >= 4 is 34.4 Å². The second-order valence-electron chi connectivity index (χ2n) is 8.12. The van der Waals surface area contributed by atoms with Crippen LogP contribution in [0.1, 0.15) is 32.1 Å². The van der Waals surface area contributed by atoms with Crippen molar-refractivity contribution in [2.45, 2.75) is 38.1 Å². The highest BCUT2D eigenvalue weighted by atomic mass is 35.5. The van der Waals surface area contributed by atoms with Crippen LogP contribution in [0.4, 0.5) is 11.6 Å². The first-order valence-electron chi connectivity index (χ1n) is 10.2. The zero-order valence-electron chi connectivity index (χ0n) is 16.5. The minimum absolute atomic E-state index is 0.330. The van der Waals surface area contributed by atoms with E-state index < -0.39 is 0 Å². The number of aromatic nitrogens is 5. The van der Waals surface area contributed by atoms with E-state index in [4.69, 9.17) is 22.3 Å². The predicted molar refractivity (Wildman–Crippen MR) is 115 cm³/mol. The van der Waals surface area contributed by atoms with Crippen molar-refractivity contribution in [3.05, 3.63) is 23.5 Å². The number of nitrogens with one attached hydrogen (secondary N) is 2. The summed E-state index contributed by atoms with van der Waals surface area (Å²) in [6, 6.07) is 2.19. The van der Waals surface area contributed by atoms with Crippen LogP contribution in [-0.2, 0) is 0 Å². The van der Waals surface area contributed by atoms with Crippen molar-refractivity contribution in [1.29, 1.82) is 0 Å². The van der Waals surface area contributed by atoms with Crippen LogP contribution in [0.2, 0.25) is 5.02 Å². The molecule has 1 saturated heterocycles. The molecule has 1 aliphatic heterocycles. The molecule has 3 aromatic rings. The van der Waals surface area contributed by atoms with E-state index in [-0.39, 0.29) is 0 Å². The van der Waals surface area contributed by atoms with Gasteiger partial charge in [-0.1, -0.05) is 18.0 Å². The SMILES string of the molecule is CNc1nccc(-c2[nH]nc3nc(N4CCC5(CCC[C@H]5N)CC4)cnc23)c1Cl. The van der Waals surface area contributed by atoms with E-state index in [1.165, 1.54) is 12.8 Å². The van der Waals surface area contributed by atoms with Gasteiger partial charge in [-0.2, -0.15) is 5.10 Å². The lowest BCUT2D eigenvalue weighted by atomic mass is 9.74. The van der Waals surface area contributed by atoms with E-state index in [2.05, 4.69) is 30.4 Å². The molecule has 9 heteroatoms. The molecule has 1 aliphatic carbocycles. The van der Waals surface area contributed by atoms with Gasteiger partial charge in [0.2, 0.25) is 5.65 Å². The number of hydrogen-bond acceptors (Lipinski definition) is 7. The number of nitrogens with two attached hydrogens (primary N) is 1. The first kappa shape index (κ1) is 18.6. The van der Waals surface area contributed by atoms with Gasteiger partial charge in [0, 0.05) is 37.9 Å². The van der Waals surface area contributed by atoms with Gasteiger partial charge in [0.25, 0.3) is 0 Å². The molecule has 1 spiro atoms. The highest BCUT2D eigenvalue weighted by molar-refractivity contribution is 6.35. The Hall–Kier alpha value is -2.45. The van der Waals surface area contributed by atoms with E-state index in [9.17, 15) is 0 Å². The normalized spacial score (nSPS) is 21.2. The fourth-order valence-corrected chi connectivity index (χ4v) is 5.21. The summed E-state index contributed by atoms with van der Waals surface area (Å²) in [5.74, 6) is 1.48. The lowest BCUT2D eigenvalue weighted by molar-refractivity contribution is 0.197. The third-order valence-electron chi connectivity index (χ3n) is 6.71. The maximum atomic E-state index is 6.49. The highest BCUT2D eigenvalue weighted by Gasteiger charge is 2.43. The Morgan fingerprint density at radius 3 is 2.83 bits per heavy atom. The molecule has 0 aromatic carbocycles. The molecular formula is C20H25ClN8. The minimum atomic E-state index is 0.330. The van der Waals surface area contributed by atoms with Gasteiger partial charge < -0.3 is 16.0 Å². The lowest BCUT2D eigenvalue weighted by Gasteiger charge is -2.42. The van der Waals surface area contributed by atoms with E-state index in [1.807, 2.05) is 12.3 Å². The summed E-state index contributed by atoms with van der Waals surface area (Å²) in [4.78, 5) is 16.0. The number of fused-ring (bicyclic) bond motifs is 1. The summed E-state index contributed by atoms with van der Waals surface area (Å²) >= 11 is 6.49. The molecule has 3 aromatic heterocycles. The molecule has 0 radical (unpaired) electrons. The summed E-state index contributed by atoms with van der Waals surface area (Å²) in [5.41, 5.74) is 9.58. The third kappa shape index (κ3) is 3.02. The number of H-pyrrole nitrogens is 1. The quantitative estimate of drug-likeness (QED) is 0.606. The van der Waals surface area contributed by atoms with Crippen LogP contribution in [0.3, 0.4) is 0 Å². The Labute approximate surface area is 174 Å². The van der Waals surface area contributed by atoms with Gasteiger partial charge in [-0.25, -0.2) is 15.0 Å². The van der Waals surface area contributed by atoms with Crippen LogP contribution in [0.15, 0.2) is 18.5 Å². The molecule has 1 saturated carbocycles. The second kappa shape index (κ2) is 7.11. The molecule has 8 nitrogen and oxygen atoms in total. The summed E-state index contributed by atoms with van der Waals surface area (Å²) in [6.07, 6.45) is 9.47. The number of anilines is 2.